The molecule has 150 valence electrons. The zero-order valence-corrected chi connectivity index (χ0v) is 16.6. The first kappa shape index (κ1) is 19.1. The number of hydrogen-bond acceptors (Lipinski definition) is 4. The van der Waals surface area contributed by atoms with Gasteiger partial charge in [-0.25, -0.2) is 9.78 Å². The summed E-state index contributed by atoms with van der Waals surface area (Å²) in [5, 5.41) is 6.47. The number of nitrogens with zero attached hydrogens (tertiary/aromatic N) is 2. The summed E-state index contributed by atoms with van der Waals surface area (Å²) in [5.74, 6) is 2.11. The number of amides is 2. The molecular weight excluding hydrogens is 392 g/mol. The van der Waals surface area contributed by atoms with Gasteiger partial charge in [-0.15, -0.1) is 0 Å². The Morgan fingerprint density at radius 2 is 2.00 bits per heavy atom. The molecule has 2 aromatic carbocycles. The Morgan fingerprint density at radius 1 is 1.24 bits per heavy atom. The maximum atomic E-state index is 12.6. The molecule has 0 spiro atoms. The van der Waals surface area contributed by atoms with Gasteiger partial charge in [-0.2, -0.15) is 0 Å². The van der Waals surface area contributed by atoms with Crippen LogP contribution in [0.5, 0.6) is 11.5 Å². The predicted molar refractivity (Wildman–Crippen MR) is 109 cm³/mol. The Labute approximate surface area is 173 Å². The minimum atomic E-state index is -0.420. The van der Waals surface area contributed by atoms with Gasteiger partial charge in [0.2, 0.25) is 0 Å². The van der Waals surface area contributed by atoms with E-state index in [1.165, 1.54) is 0 Å². The molecule has 0 aliphatic carbocycles. The van der Waals surface area contributed by atoms with Crippen molar-refractivity contribution in [2.45, 2.75) is 12.1 Å². The van der Waals surface area contributed by atoms with Crippen LogP contribution >= 0.6 is 11.6 Å². The summed E-state index contributed by atoms with van der Waals surface area (Å²) >= 11 is 6.00. The predicted octanol–water partition coefficient (Wildman–Crippen LogP) is 3.30. The van der Waals surface area contributed by atoms with E-state index in [0.717, 1.165) is 5.56 Å². The molecule has 1 aromatic heterocycles. The van der Waals surface area contributed by atoms with Crippen molar-refractivity contribution in [1.29, 1.82) is 0 Å². The second-order valence-corrected chi connectivity index (χ2v) is 7.17. The van der Waals surface area contributed by atoms with Crippen LogP contribution in [0.2, 0.25) is 5.02 Å². The number of hydrogen-bond donors (Lipinski definition) is 2. The topological polar surface area (TPSA) is 77.4 Å². The number of rotatable bonds is 5. The van der Waals surface area contributed by atoms with Gasteiger partial charge in [-0.05, 0) is 29.8 Å². The van der Waals surface area contributed by atoms with Crippen LogP contribution < -0.4 is 20.1 Å². The number of fused-ring (bicyclic) bond motifs is 1. The number of benzene rings is 2. The third-order valence-electron chi connectivity index (χ3n) is 4.65. The zero-order valence-electron chi connectivity index (χ0n) is 15.8. The Morgan fingerprint density at radius 3 is 2.72 bits per heavy atom. The Kier molecular flexibility index (Phi) is 5.57. The van der Waals surface area contributed by atoms with Crippen LogP contribution in [0.25, 0.3) is 0 Å². The van der Waals surface area contributed by atoms with Crippen LogP contribution in [0.15, 0.2) is 60.9 Å². The standard InChI is InChI=1S/C21H21ClN4O3/c1-26-11-10-23-20(26)19(14-6-8-15(22)9-7-14)25-21(27)24-12-16-13-28-17-4-2-3-5-18(17)29-16/h2-11,16,19H,12-13H2,1H3,(H2,24,25,27)/t16-,19+/m0/s1. The largest absolute Gasteiger partial charge is 0.486 e. The number of carbonyl (C=O) groups is 1. The van der Waals surface area contributed by atoms with Gasteiger partial charge in [0.1, 0.15) is 18.5 Å². The molecule has 8 heteroatoms. The van der Waals surface area contributed by atoms with E-state index in [2.05, 4.69) is 15.6 Å². The lowest BCUT2D eigenvalue weighted by Gasteiger charge is -2.27. The van der Waals surface area contributed by atoms with Gasteiger partial charge in [0.25, 0.3) is 0 Å². The van der Waals surface area contributed by atoms with Crippen LogP contribution in [0.1, 0.15) is 17.4 Å². The van der Waals surface area contributed by atoms with Gasteiger partial charge in [0.05, 0.1) is 6.54 Å². The number of nitrogens with one attached hydrogen (secondary N) is 2. The van der Waals surface area contributed by atoms with Gasteiger partial charge in [-0.1, -0.05) is 35.9 Å². The fraction of sp³-hybridized carbons (Fsp3) is 0.238. The van der Waals surface area contributed by atoms with Crippen LogP contribution in [-0.2, 0) is 7.05 Å². The van der Waals surface area contributed by atoms with Crippen LogP contribution in [0, 0.1) is 0 Å². The highest BCUT2D eigenvalue weighted by molar-refractivity contribution is 6.30. The lowest BCUT2D eigenvalue weighted by molar-refractivity contribution is 0.0917. The van der Waals surface area contributed by atoms with E-state index in [9.17, 15) is 4.79 Å². The van der Waals surface area contributed by atoms with Crippen LogP contribution in [0.4, 0.5) is 4.79 Å². The fourth-order valence-corrected chi connectivity index (χ4v) is 3.29. The second-order valence-electron chi connectivity index (χ2n) is 6.73. The molecule has 3 aromatic rings. The molecule has 1 aliphatic heterocycles. The van der Waals surface area contributed by atoms with Crippen molar-refractivity contribution in [3.8, 4) is 11.5 Å². The molecule has 1 aliphatic rings. The highest BCUT2D eigenvalue weighted by Crippen LogP contribution is 2.30. The maximum absolute atomic E-state index is 12.6. The Bertz CT molecular complexity index is 990. The lowest BCUT2D eigenvalue weighted by Crippen LogP contribution is -2.45. The number of imidazole rings is 1. The van der Waals surface area contributed by atoms with Gasteiger partial charge in [-0.3, -0.25) is 0 Å². The van der Waals surface area contributed by atoms with Crippen molar-refractivity contribution >= 4 is 17.6 Å². The second kappa shape index (κ2) is 8.45. The zero-order chi connectivity index (χ0) is 20.2. The Balaban J connectivity index is 1.41. The monoisotopic (exact) mass is 412 g/mol. The number of halogens is 1. The molecule has 0 bridgehead atoms. The number of urea groups is 1. The van der Waals surface area contributed by atoms with E-state index in [1.54, 1.807) is 18.3 Å². The van der Waals surface area contributed by atoms with E-state index in [-0.39, 0.29) is 12.1 Å². The molecule has 2 N–H and O–H groups in total. The van der Waals surface area contributed by atoms with E-state index in [4.69, 9.17) is 21.1 Å². The molecule has 4 rings (SSSR count). The number of para-hydroxylation sites is 2. The van der Waals surface area contributed by atoms with Crippen molar-refractivity contribution in [3.05, 3.63) is 77.3 Å². The molecule has 0 saturated heterocycles. The Hall–Kier alpha value is -3.19. The summed E-state index contributed by atoms with van der Waals surface area (Å²) in [6.45, 7) is 0.686. The highest BCUT2D eigenvalue weighted by atomic mass is 35.5. The van der Waals surface area contributed by atoms with Crippen molar-refractivity contribution in [2.24, 2.45) is 7.05 Å². The fourth-order valence-electron chi connectivity index (χ4n) is 3.16. The molecule has 0 unspecified atom stereocenters. The number of carbonyl (C=O) groups excluding carboxylic acids is 1. The van der Waals surface area contributed by atoms with E-state index in [1.807, 2.05) is 54.2 Å². The summed E-state index contributed by atoms with van der Waals surface area (Å²) in [5.41, 5.74) is 0.880. The van der Waals surface area contributed by atoms with Gasteiger partial charge in [0.15, 0.2) is 17.6 Å². The SMILES string of the molecule is Cn1ccnc1[C@H](NC(=O)NC[C@H]1COc2ccccc2O1)c1ccc(Cl)cc1. The van der Waals surface area contributed by atoms with E-state index < -0.39 is 6.04 Å². The van der Waals surface area contributed by atoms with Crippen LogP contribution in [-0.4, -0.2) is 34.8 Å². The molecule has 0 saturated carbocycles. The smallest absolute Gasteiger partial charge is 0.315 e. The summed E-state index contributed by atoms with van der Waals surface area (Å²) in [4.78, 5) is 17.0. The molecule has 0 radical (unpaired) electrons. The summed E-state index contributed by atoms with van der Waals surface area (Å²) in [7, 11) is 1.88. The van der Waals surface area contributed by atoms with E-state index in [0.29, 0.717) is 35.5 Å². The first-order valence-electron chi connectivity index (χ1n) is 9.25. The molecule has 2 amide bonds. The third kappa shape index (κ3) is 4.46. The highest BCUT2D eigenvalue weighted by Gasteiger charge is 2.23. The van der Waals surface area contributed by atoms with Crippen molar-refractivity contribution < 1.29 is 14.3 Å². The lowest BCUT2D eigenvalue weighted by atomic mass is 10.1. The molecule has 2 heterocycles. The van der Waals surface area contributed by atoms with Crippen molar-refractivity contribution in [1.82, 2.24) is 20.2 Å². The minimum Gasteiger partial charge on any atom is -0.486 e. The third-order valence-corrected chi connectivity index (χ3v) is 4.91. The molecule has 29 heavy (non-hydrogen) atoms. The van der Waals surface area contributed by atoms with Gasteiger partial charge < -0.3 is 24.7 Å². The van der Waals surface area contributed by atoms with Gasteiger partial charge in [0, 0.05) is 24.5 Å². The quantitative estimate of drug-likeness (QED) is 0.674. The molecule has 7 nitrogen and oxygen atoms in total. The molecule has 0 fully saturated rings. The van der Waals surface area contributed by atoms with Gasteiger partial charge >= 0.3 is 6.03 Å². The minimum absolute atomic E-state index is 0.266. The summed E-state index contributed by atoms with van der Waals surface area (Å²) in [6, 6.07) is 14.1. The molecular formula is C21H21ClN4O3. The van der Waals surface area contributed by atoms with E-state index >= 15 is 0 Å². The summed E-state index contributed by atoms with van der Waals surface area (Å²) < 4.78 is 13.4. The normalized spacial score (nSPS) is 16.1. The first-order valence-corrected chi connectivity index (χ1v) is 9.63. The average molecular weight is 413 g/mol. The number of ether oxygens (including phenoxy) is 2. The van der Waals surface area contributed by atoms with Crippen molar-refractivity contribution in [3.63, 3.8) is 0 Å². The maximum Gasteiger partial charge on any atom is 0.315 e. The van der Waals surface area contributed by atoms with Crippen molar-refractivity contribution in [2.75, 3.05) is 13.2 Å². The average Bonchev–Trinajstić information content (AvgIpc) is 3.16. The number of aryl methyl sites for hydroxylation is 1. The molecule has 2 atom stereocenters. The first-order chi connectivity index (χ1) is 14.1. The summed E-state index contributed by atoms with van der Waals surface area (Å²) in [6.07, 6.45) is 3.27. The van der Waals surface area contributed by atoms with Crippen LogP contribution in [0.3, 0.4) is 0 Å². The number of aromatic nitrogens is 2.